The molecule has 0 aliphatic heterocycles. The summed E-state index contributed by atoms with van der Waals surface area (Å²) in [7, 11) is 2.98. The second kappa shape index (κ2) is 11.9. The highest BCUT2D eigenvalue weighted by Crippen LogP contribution is 2.36. The van der Waals surface area contributed by atoms with E-state index in [4.69, 9.17) is 28.1 Å². The van der Waals surface area contributed by atoms with Crippen molar-refractivity contribution in [1.29, 1.82) is 0 Å². The number of hydrogen-bond acceptors (Lipinski definition) is 9. The van der Waals surface area contributed by atoms with E-state index in [2.05, 4.69) is 15.9 Å². The number of halogens is 1. The summed E-state index contributed by atoms with van der Waals surface area (Å²) in [5, 5.41) is 0.536. The Morgan fingerprint density at radius 2 is 1.68 bits per heavy atom. The number of carbonyl (C=O) groups excluding carboxylic acids is 2. The summed E-state index contributed by atoms with van der Waals surface area (Å²) in [6.07, 6.45) is 3.29. The van der Waals surface area contributed by atoms with Crippen molar-refractivity contribution in [2.75, 3.05) is 39.7 Å². The summed E-state index contributed by atoms with van der Waals surface area (Å²) in [4.78, 5) is 40.4. The summed E-state index contributed by atoms with van der Waals surface area (Å²) in [5.41, 5.74) is 2.57. The first-order valence-corrected chi connectivity index (χ1v) is 12.9. The molecule has 2 aromatic carbocycles. The lowest BCUT2D eigenvalue weighted by Crippen LogP contribution is -2.20. The van der Waals surface area contributed by atoms with Crippen molar-refractivity contribution in [2.24, 2.45) is 0 Å². The number of benzene rings is 2. The van der Waals surface area contributed by atoms with Crippen LogP contribution in [0.2, 0.25) is 0 Å². The van der Waals surface area contributed by atoms with Gasteiger partial charge in [-0.3, -0.25) is 9.59 Å². The zero-order valence-electron chi connectivity index (χ0n) is 21.5. The maximum Gasteiger partial charge on any atom is 0.339 e. The average molecular weight is 587 g/mol. The Hall–Kier alpha value is -3.47. The Bertz CT molecular complexity index is 1490. The maximum absolute atomic E-state index is 13.8. The zero-order valence-corrected chi connectivity index (χ0v) is 23.1. The molecule has 9 nitrogen and oxygen atoms in total. The van der Waals surface area contributed by atoms with E-state index in [-0.39, 0.29) is 53.6 Å². The standard InChI is InChI=1S/C28H27BrO9/c1-15-9-23-25(24(16(15)2)28(32)35-8-7-29)27(31)20(12-36-23)18-6-5-17-10-21(37-13-33-3)22(38-14-34-4)11-19(17)26(18)30/h6,9-12H,5,7-8,13-14H2,1-4H3. The molecule has 1 heterocycles. The van der Waals surface area contributed by atoms with E-state index < -0.39 is 11.4 Å². The highest BCUT2D eigenvalue weighted by Gasteiger charge is 2.29. The number of carbonyl (C=O) groups is 2. The fraction of sp³-hybridized carbons (Fsp3) is 0.321. The third kappa shape index (κ3) is 5.24. The molecule has 1 aromatic heterocycles. The molecule has 0 spiro atoms. The Balaban J connectivity index is 1.82. The average Bonchev–Trinajstić information content (AvgIpc) is 2.91. The van der Waals surface area contributed by atoms with Crippen LogP contribution in [0.1, 0.15) is 43.0 Å². The fourth-order valence-corrected chi connectivity index (χ4v) is 4.45. The molecule has 1 aliphatic rings. The van der Waals surface area contributed by atoms with E-state index >= 15 is 0 Å². The third-order valence-electron chi connectivity index (χ3n) is 6.24. The summed E-state index contributed by atoms with van der Waals surface area (Å²) < 4.78 is 32.3. The number of allylic oxidation sites excluding steroid dienone is 2. The predicted molar refractivity (Wildman–Crippen MR) is 143 cm³/mol. The van der Waals surface area contributed by atoms with Gasteiger partial charge < -0.3 is 28.1 Å². The zero-order chi connectivity index (χ0) is 27.4. The highest BCUT2D eigenvalue weighted by molar-refractivity contribution is 9.09. The molecule has 0 saturated carbocycles. The van der Waals surface area contributed by atoms with Crippen LogP contribution >= 0.6 is 15.9 Å². The van der Waals surface area contributed by atoms with Gasteiger partial charge in [-0.15, -0.1) is 0 Å². The number of ether oxygens (including phenoxy) is 5. The van der Waals surface area contributed by atoms with Gasteiger partial charge in [0.1, 0.15) is 18.5 Å². The van der Waals surface area contributed by atoms with Crippen molar-refractivity contribution in [3.63, 3.8) is 0 Å². The minimum atomic E-state index is -0.627. The van der Waals surface area contributed by atoms with Crippen molar-refractivity contribution in [2.45, 2.75) is 20.3 Å². The number of alkyl halides is 1. The Morgan fingerprint density at radius 1 is 1.00 bits per heavy atom. The van der Waals surface area contributed by atoms with Crippen LogP contribution in [0.4, 0.5) is 0 Å². The molecule has 0 fully saturated rings. The highest BCUT2D eigenvalue weighted by atomic mass is 79.9. The van der Waals surface area contributed by atoms with Crippen LogP contribution < -0.4 is 14.9 Å². The summed E-state index contributed by atoms with van der Waals surface area (Å²) in [5.74, 6) is -0.315. The van der Waals surface area contributed by atoms with Crippen LogP contribution in [0, 0.1) is 13.8 Å². The first-order valence-electron chi connectivity index (χ1n) is 11.8. The number of esters is 1. The largest absolute Gasteiger partial charge is 0.464 e. The Labute approximate surface area is 227 Å². The van der Waals surface area contributed by atoms with Crippen molar-refractivity contribution in [3.05, 3.63) is 74.1 Å². The normalized spacial score (nSPS) is 12.8. The number of Topliss-reactive ketones (excluding diaryl/α,β-unsaturated/α-hetero) is 1. The lowest BCUT2D eigenvalue weighted by molar-refractivity contribution is 0.0321. The third-order valence-corrected chi connectivity index (χ3v) is 6.56. The van der Waals surface area contributed by atoms with Crippen LogP contribution in [0.3, 0.4) is 0 Å². The molecule has 0 saturated heterocycles. The molecule has 0 amide bonds. The molecule has 0 bridgehead atoms. The number of rotatable bonds is 10. The van der Waals surface area contributed by atoms with Gasteiger partial charge in [-0.1, -0.05) is 22.0 Å². The molecule has 10 heteroatoms. The van der Waals surface area contributed by atoms with Gasteiger partial charge in [0.25, 0.3) is 0 Å². The van der Waals surface area contributed by atoms with Gasteiger partial charge in [0.05, 0.1) is 16.5 Å². The van der Waals surface area contributed by atoms with Gasteiger partial charge in [-0.25, -0.2) is 4.79 Å². The van der Waals surface area contributed by atoms with Crippen LogP contribution in [-0.2, 0) is 20.6 Å². The van der Waals surface area contributed by atoms with E-state index in [9.17, 15) is 14.4 Å². The van der Waals surface area contributed by atoms with E-state index in [0.29, 0.717) is 39.9 Å². The van der Waals surface area contributed by atoms with E-state index in [1.807, 2.05) is 6.92 Å². The molecule has 0 atom stereocenters. The van der Waals surface area contributed by atoms with Crippen molar-refractivity contribution >= 4 is 44.2 Å². The molecule has 0 radical (unpaired) electrons. The molecule has 0 unspecified atom stereocenters. The smallest absolute Gasteiger partial charge is 0.339 e. The minimum absolute atomic E-state index is 0.00536. The lowest BCUT2D eigenvalue weighted by Gasteiger charge is -2.20. The molecule has 1 aliphatic carbocycles. The minimum Gasteiger partial charge on any atom is -0.464 e. The van der Waals surface area contributed by atoms with Crippen LogP contribution in [0.15, 0.2) is 39.7 Å². The molecule has 0 N–H and O–H groups in total. The monoisotopic (exact) mass is 586 g/mol. The molecule has 4 rings (SSSR count). The molecule has 38 heavy (non-hydrogen) atoms. The Kier molecular flexibility index (Phi) is 8.65. The van der Waals surface area contributed by atoms with Crippen LogP contribution in [-0.4, -0.2) is 51.5 Å². The molecule has 200 valence electrons. The van der Waals surface area contributed by atoms with Crippen molar-refractivity contribution in [3.8, 4) is 11.5 Å². The van der Waals surface area contributed by atoms with Crippen LogP contribution in [0.25, 0.3) is 16.5 Å². The van der Waals surface area contributed by atoms with Gasteiger partial charge in [-0.05, 0) is 55.2 Å². The van der Waals surface area contributed by atoms with E-state index in [1.54, 1.807) is 31.2 Å². The summed E-state index contributed by atoms with van der Waals surface area (Å²) in [6.45, 7) is 3.65. The van der Waals surface area contributed by atoms with Gasteiger partial charge in [0, 0.05) is 30.7 Å². The molecular formula is C28H27BrO9. The summed E-state index contributed by atoms with van der Waals surface area (Å²) >= 11 is 3.23. The van der Waals surface area contributed by atoms with E-state index in [1.165, 1.54) is 20.5 Å². The number of fused-ring (bicyclic) bond motifs is 2. The fourth-order valence-electron chi connectivity index (χ4n) is 4.29. The lowest BCUT2D eigenvalue weighted by atomic mass is 9.86. The van der Waals surface area contributed by atoms with Gasteiger partial charge in [0.2, 0.25) is 5.43 Å². The first-order chi connectivity index (χ1) is 18.3. The van der Waals surface area contributed by atoms with Gasteiger partial charge in [0.15, 0.2) is 30.9 Å². The molecule has 3 aromatic rings. The maximum atomic E-state index is 13.8. The van der Waals surface area contributed by atoms with Crippen molar-refractivity contribution in [1.82, 2.24) is 0 Å². The molecular weight excluding hydrogens is 560 g/mol. The number of methoxy groups -OCH3 is 2. The number of aryl methyl sites for hydroxylation is 1. The SMILES string of the molecule is COCOc1cc2c(cc1OCOC)C(=O)C(c1coc3cc(C)c(C)c(C(=O)OCCBr)c3c1=O)=CC2. The second-order valence-corrected chi connectivity index (χ2v) is 9.37. The quantitative estimate of drug-likeness (QED) is 0.189. The number of ketones is 1. The second-order valence-electron chi connectivity index (χ2n) is 8.58. The van der Waals surface area contributed by atoms with Gasteiger partial charge >= 0.3 is 5.97 Å². The summed E-state index contributed by atoms with van der Waals surface area (Å²) in [6, 6.07) is 4.97. The van der Waals surface area contributed by atoms with Crippen molar-refractivity contribution < 1.29 is 37.7 Å². The first kappa shape index (κ1) is 27.6. The topological polar surface area (TPSA) is 110 Å². The number of hydrogen-bond donors (Lipinski definition) is 0. The van der Waals surface area contributed by atoms with Gasteiger partial charge in [-0.2, -0.15) is 0 Å². The Morgan fingerprint density at radius 3 is 2.34 bits per heavy atom. The van der Waals surface area contributed by atoms with Crippen LogP contribution in [0.5, 0.6) is 11.5 Å². The van der Waals surface area contributed by atoms with E-state index in [0.717, 1.165) is 5.56 Å². The predicted octanol–water partition coefficient (Wildman–Crippen LogP) is 4.75.